The minimum absolute atomic E-state index is 0.00779. The van der Waals surface area contributed by atoms with Gasteiger partial charge in [-0.2, -0.15) is 0 Å². The van der Waals surface area contributed by atoms with E-state index in [1.165, 1.54) is 5.56 Å². The first kappa shape index (κ1) is 22.7. The molecule has 2 aromatic carbocycles. The highest BCUT2D eigenvalue weighted by molar-refractivity contribution is 5.98. The average molecular weight is 462 g/mol. The molecule has 1 saturated heterocycles. The van der Waals surface area contributed by atoms with Crippen molar-refractivity contribution in [2.24, 2.45) is 5.92 Å². The zero-order valence-corrected chi connectivity index (χ0v) is 20.1. The van der Waals surface area contributed by atoms with Gasteiger partial charge in [-0.15, -0.1) is 0 Å². The van der Waals surface area contributed by atoms with E-state index in [-0.39, 0.29) is 17.3 Å². The molecule has 0 saturated carbocycles. The van der Waals surface area contributed by atoms with Gasteiger partial charge < -0.3 is 13.9 Å². The Balaban J connectivity index is 1.30. The fourth-order valence-corrected chi connectivity index (χ4v) is 5.17. The maximum Gasteiger partial charge on any atom is 0.336 e. The molecule has 2 aliphatic heterocycles. The van der Waals surface area contributed by atoms with Gasteiger partial charge in [0.1, 0.15) is 18.8 Å². The van der Waals surface area contributed by atoms with Crippen LogP contribution in [0.3, 0.4) is 0 Å². The van der Waals surface area contributed by atoms with Crippen molar-refractivity contribution in [1.82, 2.24) is 4.90 Å². The topological polar surface area (TPSA) is 69.0 Å². The van der Waals surface area contributed by atoms with E-state index in [0.29, 0.717) is 48.3 Å². The van der Waals surface area contributed by atoms with Crippen molar-refractivity contribution in [3.8, 4) is 11.5 Å². The number of benzene rings is 2. The summed E-state index contributed by atoms with van der Waals surface area (Å²) in [5.41, 5.74) is 4.42. The van der Waals surface area contributed by atoms with Gasteiger partial charge in [0.25, 0.3) is 0 Å². The summed E-state index contributed by atoms with van der Waals surface area (Å²) < 4.78 is 16.7. The van der Waals surface area contributed by atoms with Crippen LogP contribution < -0.4 is 15.1 Å². The molecule has 1 fully saturated rings. The van der Waals surface area contributed by atoms with Gasteiger partial charge >= 0.3 is 5.63 Å². The van der Waals surface area contributed by atoms with Gasteiger partial charge in [-0.1, -0.05) is 13.8 Å². The summed E-state index contributed by atoms with van der Waals surface area (Å²) in [7, 11) is 0. The van der Waals surface area contributed by atoms with Crippen molar-refractivity contribution in [3.05, 3.63) is 69.1 Å². The first-order chi connectivity index (χ1) is 16.4. The van der Waals surface area contributed by atoms with Crippen LogP contribution in [0.4, 0.5) is 0 Å². The molecule has 178 valence electrons. The molecule has 6 nitrogen and oxygen atoms in total. The number of hydrogen-bond donors (Lipinski definition) is 0. The Kier molecular flexibility index (Phi) is 6.17. The molecule has 0 aliphatic carbocycles. The maximum atomic E-state index is 13.1. The van der Waals surface area contributed by atoms with E-state index in [9.17, 15) is 9.59 Å². The lowest BCUT2D eigenvalue weighted by Crippen LogP contribution is -2.36. The number of Topliss-reactive ketones (excluding diaryl/α,β-unsaturated/α-hetero) is 1. The number of hydrogen-bond acceptors (Lipinski definition) is 6. The monoisotopic (exact) mass is 461 g/mol. The standard InChI is InChI=1S/C28H31NO5/c1-17(2)22-15-23-21(14-27(30)34-25(23)12-18(22)3)16-29-8-6-19(7-9-29)28(31)20-4-5-24-26(13-20)33-11-10-32-24/h4-5,12-15,17,19H,6-11,16H2,1-3H3. The summed E-state index contributed by atoms with van der Waals surface area (Å²) in [5.74, 6) is 1.91. The van der Waals surface area contributed by atoms with Gasteiger partial charge in [0.05, 0.1) is 0 Å². The Hall–Kier alpha value is -3.12. The molecule has 0 bridgehead atoms. The van der Waals surface area contributed by atoms with E-state index in [4.69, 9.17) is 13.9 Å². The Morgan fingerprint density at radius 3 is 2.50 bits per heavy atom. The molecule has 0 spiro atoms. The van der Waals surface area contributed by atoms with Crippen molar-refractivity contribution in [2.75, 3.05) is 26.3 Å². The first-order valence-electron chi connectivity index (χ1n) is 12.1. The number of aryl methyl sites for hydroxylation is 1. The normalized spacial score (nSPS) is 16.8. The third-order valence-electron chi connectivity index (χ3n) is 7.02. The minimum Gasteiger partial charge on any atom is -0.486 e. The van der Waals surface area contributed by atoms with E-state index in [1.807, 2.05) is 24.3 Å². The van der Waals surface area contributed by atoms with E-state index in [1.54, 1.807) is 6.07 Å². The molecule has 34 heavy (non-hydrogen) atoms. The highest BCUT2D eigenvalue weighted by Crippen LogP contribution is 2.33. The molecule has 3 aromatic rings. The third-order valence-corrected chi connectivity index (χ3v) is 7.02. The number of nitrogens with zero attached hydrogens (tertiary/aromatic N) is 1. The van der Waals surface area contributed by atoms with Crippen LogP contribution in [-0.2, 0) is 6.54 Å². The number of ketones is 1. The number of fused-ring (bicyclic) bond motifs is 2. The van der Waals surface area contributed by atoms with Gasteiger partial charge in [0, 0.05) is 29.5 Å². The molecule has 0 unspecified atom stereocenters. The summed E-state index contributed by atoms with van der Waals surface area (Å²) in [6, 6.07) is 11.3. The summed E-state index contributed by atoms with van der Waals surface area (Å²) in [6.07, 6.45) is 1.59. The van der Waals surface area contributed by atoms with Crippen molar-refractivity contribution < 1.29 is 18.7 Å². The third kappa shape index (κ3) is 4.47. The van der Waals surface area contributed by atoms with Crippen LogP contribution in [0.2, 0.25) is 0 Å². The van der Waals surface area contributed by atoms with Crippen LogP contribution in [0.25, 0.3) is 11.0 Å². The molecule has 6 heteroatoms. The van der Waals surface area contributed by atoms with Crippen LogP contribution >= 0.6 is 0 Å². The van der Waals surface area contributed by atoms with Crippen molar-refractivity contribution in [1.29, 1.82) is 0 Å². The van der Waals surface area contributed by atoms with Gasteiger partial charge in [-0.3, -0.25) is 9.69 Å². The second-order valence-corrected chi connectivity index (χ2v) is 9.72. The molecule has 5 rings (SSSR count). The Bertz CT molecular complexity index is 1280. The second kappa shape index (κ2) is 9.26. The Morgan fingerprint density at radius 1 is 1.03 bits per heavy atom. The molecular formula is C28H31NO5. The van der Waals surface area contributed by atoms with E-state index < -0.39 is 0 Å². The second-order valence-electron chi connectivity index (χ2n) is 9.72. The number of ether oxygens (including phenoxy) is 2. The fourth-order valence-electron chi connectivity index (χ4n) is 5.17. The Morgan fingerprint density at radius 2 is 1.76 bits per heavy atom. The molecule has 1 aromatic heterocycles. The summed E-state index contributed by atoms with van der Waals surface area (Å²) >= 11 is 0. The molecule has 0 radical (unpaired) electrons. The van der Waals surface area contributed by atoms with Crippen LogP contribution in [0.1, 0.15) is 59.7 Å². The van der Waals surface area contributed by atoms with Gasteiger partial charge in [0.15, 0.2) is 17.3 Å². The molecule has 0 N–H and O–H groups in total. The van der Waals surface area contributed by atoms with Crippen LogP contribution in [0.15, 0.2) is 45.6 Å². The number of piperidine rings is 1. The highest BCUT2D eigenvalue weighted by atomic mass is 16.6. The number of carbonyl (C=O) groups excluding carboxylic acids is 1. The molecule has 0 amide bonds. The molecule has 2 aliphatic rings. The number of carbonyl (C=O) groups is 1. The fraction of sp³-hybridized carbons (Fsp3) is 0.429. The van der Waals surface area contributed by atoms with Gasteiger partial charge in [-0.25, -0.2) is 4.79 Å². The molecule has 0 atom stereocenters. The Labute approximate surface area is 199 Å². The van der Waals surface area contributed by atoms with E-state index in [0.717, 1.165) is 42.4 Å². The minimum atomic E-state index is -0.317. The predicted molar refractivity (Wildman–Crippen MR) is 131 cm³/mol. The summed E-state index contributed by atoms with van der Waals surface area (Å²) in [5, 5.41) is 1.00. The van der Waals surface area contributed by atoms with Crippen molar-refractivity contribution >= 4 is 16.8 Å². The number of rotatable bonds is 5. The zero-order chi connectivity index (χ0) is 23.8. The van der Waals surface area contributed by atoms with Crippen LogP contribution in [0, 0.1) is 12.8 Å². The van der Waals surface area contributed by atoms with Gasteiger partial charge in [-0.05, 0) is 85.8 Å². The van der Waals surface area contributed by atoms with Crippen molar-refractivity contribution in [3.63, 3.8) is 0 Å². The quantitative estimate of drug-likeness (QED) is 0.389. The highest BCUT2D eigenvalue weighted by Gasteiger charge is 2.27. The lowest BCUT2D eigenvalue weighted by Gasteiger charge is -2.31. The summed E-state index contributed by atoms with van der Waals surface area (Å²) in [6.45, 7) is 9.76. The smallest absolute Gasteiger partial charge is 0.336 e. The SMILES string of the molecule is Cc1cc2oc(=O)cc(CN3CCC(C(=O)c4ccc5c(c4)OCCO5)CC3)c2cc1C(C)C. The first-order valence-corrected chi connectivity index (χ1v) is 12.1. The lowest BCUT2D eigenvalue weighted by molar-refractivity contribution is 0.0834. The van der Waals surface area contributed by atoms with Gasteiger partial charge in [0.2, 0.25) is 0 Å². The maximum absolute atomic E-state index is 13.1. The average Bonchev–Trinajstić information content (AvgIpc) is 2.83. The van der Waals surface area contributed by atoms with E-state index >= 15 is 0 Å². The predicted octanol–water partition coefficient (Wildman–Crippen LogP) is 5.09. The summed E-state index contributed by atoms with van der Waals surface area (Å²) in [4.78, 5) is 27.7. The molecule has 3 heterocycles. The number of likely N-dealkylation sites (tertiary alicyclic amines) is 1. The largest absolute Gasteiger partial charge is 0.486 e. The molecular weight excluding hydrogens is 430 g/mol. The van der Waals surface area contributed by atoms with E-state index in [2.05, 4.69) is 31.7 Å². The lowest BCUT2D eigenvalue weighted by atomic mass is 9.88. The van der Waals surface area contributed by atoms with Crippen LogP contribution in [-0.4, -0.2) is 37.0 Å². The zero-order valence-electron chi connectivity index (χ0n) is 20.1. The van der Waals surface area contributed by atoms with Crippen LogP contribution in [0.5, 0.6) is 11.5 Å². The van der Waals surface area contributed by atoms with Crippen molar-refractivity contribution in [2.45, 2.75) is 46.1 Å².